The topological polar surface area (TPSA) is 97.6 Å². The lowest BCUT2D eigenvalue weighted by atomic mass is 10.1. The number of carbonyl (C=O) groups excluding carboxylic acids is 2. The molecule has 1 aliphatic heterocycles. The highest BCUT2D eigenvalue weighted by Gasteiger charge is 2.29. The molecule has 8 heteroatoms. The molecule has 136 valence electrons. The number of carbonyl (C=O) groups is 2. The summed E-state index contributed by atoms with van der Waals surface area (Å²) in [4.78, 5) is 30.7. The molecule has 0 atom stereocenters. The molecule has 2 aliphatic rings. The Bertz CT molecular complexity index is 792. The summed E-state index contributed by atoms with van der Waals surface area (Å²) in [5.41, 5.74) is 1.05. The minimum Gasteiger partial charge on any atom is -0.378 e. The molecule has 0 spiro atoms. The summed E-state index contributed by atoms with van der Waals surface area (Å²) >= 11 is 0. The zero-order chi connectivity index (χ0) is 17.9. The average Bonchev–Trinajstić information content (AvgIpc) is 3.44. The van der Waals surface area contributed by atoms with Crippen molar-refractivity contribution in [1.29, 1.82) is 0 Å². The van der Waals surface area contributed by atoms with Crippen LogP contribution in [0, 0.1) is 0 Å². The molecule has 1 aromatic heterocycles. The minimum atomic E-state index is -0.242. The molecular weight excluding hydrogens is 336 g/mol. The number of nitrogens with one attached hydrogen (secondary N) is 1. The van der Waals surface area contributed by atoms with Gasteiger partial charge in [-0.1, -0.05) is 5.16 Å². The molecule has 2 fully saturated rings. The summed E-state index contributed by atoms with van der Waals surface area (Å²) in [7, 11) is 0. The average molecular weight is 356 g/mol. The Morgan fingerprint density at radius 3 is 2.50 bits per heavy atom. The third-order valence-corrected chi connectivity index (χ3v) is 4.51. The van der Waals surface area contributed by atoms with E-state index in [-0.39, 0.29) is 18.4 Å². The van der Waals surface area contributed by atoms with Crippen LogP contribution in [0.1, 0.15) is 51.2 Å². The van der Waals surface area contributed by atoms with Gasteiger partial charge in [0, 0.05) is 30.1 Å². The van der Waals surface area contributed by atoms with Gasteiger partial charge in [0.1, 0.15) is 0 Å². The standard InChI is InChI=1S/C18H20N4O4/c23-16(19-11-15-20-17(26-21-15)13-3-4-13)12-1-5-14(6-2-12)18(24)22-7-9-25-10-8-22/h1-2,5-6,13H,3-4,7-11H2,(H,19,23). The third kappa shape index (κ3) is 3.75. The monoisotopic (exact) mass is 356 g/mol. The molecule has 4 rings (SSSR count). The molecule has 26 heavy (non-hydrogen) atoms. The SMILES string of the molecule is O=C(NCc1noc(C2CC2)n1)c1ccc(C(=O)N2CCOCC2)cc1. The number of aromatic nitrogens is 2. The van der Waals surface area contributed by atoms with Gasteiger partial charge in [-0.2, -0.15) is 4.98 Å². The van der Waals surface area contributed by atoms with Crippen LogP contribution in [0.3, 0.4) is 0 Å². The predicted molar refractivity (Wildman–Crippen MR) is 90.6 cm³/mol. The van der Waals surface area contributed by atoms with E-state index in [0.717, 1.165) is 12.8 Å². The fourth-order valence-electron chi connectivity index (χ4n) is 2.81. The van der Waals surface area contributed by atoms with Gasteiger partial charge in [-0.05, 0) is 37.1 Å². The van der Waals surface area contributed by atoms with Gasteiger partial charge in [-0.25, -0.2) is 0 Å². The highest BCUT2D eigenvalue weighted by Crippen LogP contribution is 2.38. The van der Waals surface area contributed by atoms with Gasteiger partial charge in [-0.3, -0.25) is 9.59 Å². The van der Waals surface area contributed by atoms with E-state index in [1.807, 2.05) is 0 Å². The first kappa shape index (κ1) is 16.7. The molecule has 1 saturated heterocycles. The molecule has 1 aromatic carbocycles. The summed E-state index contributed by atoms with van der Waals surface area (Å²) in [6.07, 6.45) is 2.17. The second-order valence-electron chi connectivity index (χ2n) is 6.49. The van der Waals surface area contributed by atoms with E-state index in [9.17, 15) is 9.59 Å². The van der Waals surface area contributed by atoms with Gasteiger partial charge >= 0.3 is 0 Å². The summed E-state index contributed by atoms with van der Waals surface area (Å²) in [5, 5.41) is 6.64. The second-order valence-corrected chi connectivity index (χ2v) is 6.49. The van der Waals surface area contributed by atoms with E-state index in [4.69, 9.17) is 9.26 Å². The van der Waals surface area contributed by atoms with Crippen molar-refractivity contribution in [2.24, 2.45) is 0 Å². The lowest BCUT2D eigenvalue weighted by molar-refractivity contribution is 0.0303. The van der Waals surface area contributed by atoms with Gasteiger partial charge in [0.15, 0.2) is 5.82 Å². The summed E-state index contributed by atoms with van der Waals surface area (Å²) < 4.78 is 10.4. The van der Waals surface area contributed by atoms with Crippen molar-refractivity contribution in [3.63, 3.8) is 0 Å². The van der Waals surface area contributed by atoms with Gasteiger partial charge in [0.05, 0.1) is 19.8 Å². The summed E-state index contributed by atoms with van der Waals surface area (Å²) in [6.45, 7) is 2.52. The largest absolute Gasteiger partial charge is 0.378 e. The fraction of sp³-hybridized carbons (Fsp3) is 0.444. The van der Waals surface area contributed by atoms with E-state index >= 15 is 0 Å². The molecule has 8 nitrogen and oxygen atoms in total. The maximum atomic E-state index is 12.4. The van der Waals surface area contributed by atoms with Crippen molar-refractivity contribution < 1.29 is 18.8 Å². The molecule has 0 radical (unpaired) electrons. The lowest BCUT2D eigenvalue weighted by Crippen LogP contribution is -2.40. The maximum absolute atomic E-state index is 12.4. The van der Waals surface area contributed by atoms with Gasteiger partial charge in [0.2, 0.25) is 5.89 Å². The molecule has 1 aliphatic carbocycles. The third-order valence-electron chi connectivity index (χ3n) is 4.51. The van der Waals surface area contributed by atoms with Crippen LogP contribution in [0.15, 0.2) is 28.8 Å². The minimum absolute atomic E-state index is 0.0420. The van der Waals surface area contributed by atoms with Crippen LogP contribution in [0.4, 0.5) is 0 Å². The quantitative estimate of drug-likeness (QED) is 0.868. The number of benzene rings is 1. The second kappa shape index (κ2) is 7.25. The van der Waals surface area contributed by atoms with Gasteiger partial charge in [0.25, 0.3) is 11.8 Å². The number of hydrogen-bond donors (Lipinski definition) is 1. The van der Waals surface area contributed by atoms with E-state index in [1.54, 1.807) is 29.2 Å². The number of morpholine rings is 1. The van der Waals surface area contributed by atoms with E-state index in [0.29, 0.717) is 55.1 Å². The van der Waals surface area contributed by atoms with Gasteiger partial charge in [-0.15, -0.1) is 0 Å². The lowest BCUT2D eigenvalue weighted by Gasteiger charge is -2.26. The Morgan fingerprint density at radius 1 is 1.12 bits per heavy atom. The predicted octanol–water partition coefficient (Wildman–Crippen LogP) is 1.35. The summed E-state index contributed by atoms with van der Waals surface area (Å²) in [5.74, 6) is 1.23. The normalized spacial score (nSPS) is 17.2. The van der Waals surface area contributed by atoms with Gasteiger partial charge < -0.3 is 19.5 Å². The highest BCUT2D eigenvalue weighted by atomic mass is 16.5. The molecule has 2 amide bonds. The number of rotatable bonds is 5. The van der Waals surface area contributed by atoms with E-state index < -0.39 is 0 Å². The van der Waals surface area contributed by atoms with E-state index in [2.05, 4.69) is 15.5 Å². The van der Waals surface area contributed by atoms with Crippen molar-refractivity contribution in [3.8, 4) is 0 Å². The molecule has 1 saturated carbocycles. The first-order valence-electron chi connectivity index (χ1n) is 8.78. The van der Waals surface area contributed by atoms with Crippen LogP contribution in [0.5, 0.6) is 0 Å². The van der Waals surface area contributed by atoms with Crippen LogP contribution in [-0.4, -0.2) is 53.2 Å². The Balaban J connectivity index is 1.33. The highest BCUT2D eigenvalue weighted by molar-refractivity contribution is 5.97. The van der Waals surface area contributed by atoms with Crippen molar-refractivity contribution in [1.82, 2.24) is 20.4 Å². The number of ether oxygens (including phenoxy) is 1. The summed E-state index contributed by atoms with van der Waals surface area (Å²) in [6, 6.07) is 6.64. The zero-order valence-corrected chi connectivity index (χ0v) is 14.3. The number of amides is 2. The van der Waals surface area contributed by atoms with Crippen LogP contribution in [0.2, 0.25) is 0 Å². The molecular formula is C18H20N4O4. The van der Waals surface area contributed by atoms with E-state index in [1.165, 1.54) is 0 Å². The van der Waals surface area contributed by atoms with Crippen LogP contribution in [0.25, 0.3) is 0 Å². The Hall–Kier alpha value is -2.74. The first-order chi connectivity index (χ1) is 12.7. The molecule has 1 N–H and O–H groups in total. The maximum Gasteiger partial charge on any atom is 0.254 e. The Labute approximate surface area is 150 Å². The molecule has 2 heterocycles. The van der Waals surface area contributed by atoms with Crippen molar-refractivity contribution >= 4 is 11.8 Å². The van der Waals surface area contributed by atoms with Crippen molar-refractivity contribution in [2.75, 3.05) is 26.3 Å². The Morgan fingerprint density at radius 2 is 1.81 bits per heavy atom. The van der Waals surface area contributed by atoms with Crippen LogP contribution in [-0.2, 0) is 11.3 Å². The fourth-order valence-corrected chi connectivity index (χ4v) is 2.81. The first-order valence-corrected chi connectivity index (χ1v) is 8.78. The Kier molecular flexibility index (Phi) is 4.66. The molecule has 2 aromatic rings. The smallest absolute Gasteiger partial charge is 0.254 e. The van der Waals surface area contributed by atoms with Crippen molar-refractivity contribution in [3.05, 3.63) is 47.1 Å². The zero-order valence-electron chi connectivity index (χ0n) is 14.3. The molecule has 0 bridgehead atoms. The molecule has 0 unspecified atom stereocenters. The van der Waals surface area contributed by atoms with Crippen molar-refractivity contribution in [2.45, 2.75) is 25.3 Å². The number of nitrogens with zero attached hydrogens (tertiary/aromatic N) is 3. The van der Waals surface area contributed by atoms with Crippen LogP contribution >= 0.6 is 0 Å². The van der Waals surface area contributed by atoms with Crippen LogP contribution < -0.4 is 5.32 Å². The number of hydrogen-bond acceptors (Lipinski definition) is 6.